The van der Waals surface area contributed by atoms with Crippen LogP contribution in [0.2, 0.25) is 0 Å². The van der Waals surface area contributed by atoms with Crippen LogP contribution in [0.3, 0.4) is 0 Å². The Hall–Kier alpha value is -1.59. The van der Waals surface area contributed by atoms with E-state index in [4.69, 9.17) is 0 Å². The van der Waals surface area contributed by atoms with E-state index >= 15 is 0 Å². The molecular weight excluding hydrogens is 306 g/mol. The van der Waals surface area contributed by atoms with Crippen molar-refractivity contribution in [1.82, 2.24) is 16.0 Å². The summed E-state index contributed by atoms with van der Waals surface area (Å²) >= 11 is 0. The van der Waals surface area contributed by atoms with Crippen molar-refractivity contribution in [1.29, 1.82) is 0 Å². The van der Waals surface area contributed by atoms with Crippen LogP contribution in [0, 0.1) is 11.8 Å². The minimum absolute atomic E-state index is 0.0111. The van der Waals surface area contributed by atoms with E-state index in [1.54, 1.807) is 0 Å². The molecule has 6 heteroatoms. The van der Waals surface area contributed by atoms with Crippen molar-refractivity contribution in [2.24, 2.45) is 11.8 Å². The first kappa shape index (κ1) is 20.5. The highest BCUT2D eigenvalue weighted by Gasteiger charge is 2.28. The maximum Gasteiger partial charge on any atom is 0.243 e. The van der Waals surface area contributed by atoms with Crippen LogP contribution in [0.1, 0.15) is 66.7 Å². The third kappa shape index (κ3) is 7.32. The highest BCUT2D eigenvalue weighted by Crippen LogP contribution is 2.24. The maximum atomic E-state index is 12.4. The quantitative estimate of drug-likeness (QED) is 0.689. The van der Waals surface area contributed by atoms with E-state index in [1.165, 1.54) is 6.42 Å². The van der Waals surface area contributed by atoms with E-state index in [0.29, 0.717) is 0 Å². The number of hydrogen-bond donors (Lipinski definition) is 3. The van der Waals surface area contributed by atoms with Gasteiger partial charge in [-0.1, -0.05) is 33.1 Å². The number of nitrogens with one attached hydrogen (secondary N) is 3. The van der Waals surface area contributed by atoms with Gasteiger partial charge >= 0.3 is 0 Å². The van der Waals surface area contributed by atoms with E-state index in [0.717, 1.165) is 25.7 Å². The van der Waals surface area contributed by atoms with Crippen LogP contribution in [0.15, 0.2) is 0 Å². The lowest BCUT2D eigenvalue weighted by atomic mass is 9.88. The molecule has 1 unspecified atom stereocenters. The van der Waals surface area contributed by atoms with Crippen molar-refractivity contribution in [2.45, 2.75) is 78.3 Å². The zero-order valence-corrected chi connectivity index (χ0v) is 15.7. The zero-order valence-electron chi connectivity index (χ0n) is 15.7. The summed E-state index contributed by atoms with van der Waals surface area (Å²) in [6, 6.07) is -0.609. The van der Waals surface area contributed by atoms with Gasteiger partial charge in [0.2, 0.25) is 17.7 Å². The number of carbonyl (C=O) groups is 3. The third-order valence-electron chi connectivity index (χ3n) is 4.16. The average Bonchev–Trinajstić information content (AvgIpc) is 2.49. The fraction of sp³-hybridized carbons (Fsp3) is 0.833. The van der Waals surface area contributed by atoms with E-state index in [2.05, 4.69) is 16.0 Å². The van der Waals surface area contributed by atoms with Crippen LogP contribution >= 0.6 is 0 Å². The fourth-order valence-corrected chi connectivity index (χ4v) is 2.91. The third-order valence-corrected chi connectivity index (χ3v) is 4.16. The first-order valence-electron chi connectivity index (χ1n) is 8.99. The van der Waals surface area contributed by atoms with Gasteiger partial charge in [0.05, 0.1) is 6.54 Å². The normalized spacial score (nSPS) is 17.2. The molecule has 0 saturated heterocycles. The molecule has 0 aromatic heterocycles. The summed E-state index contributed by atoms with van der Waals surface area (Å²) in [5.41, 5.74) is -0.339. The molecule has 0 radical (unpaired) electrons. The molecule has 1 fully saturated rings. The molecular formula is C18H33N3O3. The molecule has 0 heterocycles. The summed E-state index contributed by atoms with van der Waals surface area (Å²) in [5, 5.41) is 8.30. The second-order valence-electron chi connectivity index (χ2n) is 8.08. The molecule has 0 aromatic carbocycles. The molecule has 0 aliphatic heterocycles. The van der Waals surface area contributed by atoms with E-state index < -0.39 is 6.04 Å². The Morgan fingerprint density at radius 1 is 1.04 bits per heavy atom. The summed E-state index contributed by atoms with van der Waals surface area (Å²) < 4.78 is 0. The molecule has 1 atom stereocenters. The molecule has 0 bridgehead atoms. The molecule has 3 amide bonds. The molecule has 1 saturated carbocycles. The van der Waals surface area contributed by atoms with Crippen LogP contribution in [0.25, 0.3) is 0 Å². The van der Waals surface area contributed by atoms with Crippen LogP contribution in [0.4, 0.5) is 0 Å². The Morgan fingerprint density at radius 2 is 1.62 bits per heavy atom. The van der Waals surface area contributed by atoms with E-state index in [-0.39, 0.29) is 41.6 Å². The molecule has 0 aromatic rings. The van der Waals surface area contributed by atoms with Crippen molar-refractivity contribution >= 4 is 17.7 Å². The summed E-state index contributed by atoms with van der Waals surface area (Å²) in [7, 11) is 0. The SMILES string of the molecule is CC(C)C(NC(=O)C1CCCCC1)C(=O)NCC(=O)NC(C)(C)C. The number of carbonyl (C=O) groups excluding carboxylic acids is 3. The second kappa shape index (κ2) is 9.04. The van der Waals surface area contributed by atoms with Crippen molar-refractivity contribution in [3.05, 3.63) is 0 Å². The van der Waals surface area contributed by atoms with Gasteiger partial charge in [0.25, 0.3) is 0 Å². The van der Waals surface area contributed by atoms with Gasteiger partial charge in [-0.2, -0.15) is 0 Å². The van der Waals surface area contributed by atoms with E-state index in [9.17, 15) is 14.4 Å². The Balaban J connectivity index is 2.52. The number of hydrogen-bond acceptors (Lipinski definition) is 3. The lowest BCUT2D eigenvalue weighted by Crippen LogP contribution is -2.53. The number of rotatable bonds is 6. The van der Waals surface area contributed by atoms with Crippen LogP contribution in [-0.4, -0.2) is 35.8 Å². The topological polar surface area (TPSA) is 87.3 Å². The first-order valence-corrected chi connectivity index (χ1v) is 8.99. The van der Waals surface area contributed by atoms with Crippen LogP contribution in [-0.2, 0) is 14.4 Å². The highest BCUT2D eigenvalue weighted by molar-refractivity contribution is 5.91. The molecule has 0 spiro atoms. The van der Waals surface area contributed by atoms with Gasteiger partial charge in [-0.3, -0.25) is 14.4 Å². The van der Waals surface area contributed by atoms with Crippen LogP contribution < -0.4 is 16.0 Å². The fourth-order valence-electron chi connectivity index (χ4n) is 2.91. The monoisotopic (exact) mass is 339 g/mol. The maximum absolute atomic E-state index is 12.4. The number of amides is 3. The molecule has 24 heavy (non-hydrogen) atoms. The van der Waals surface area contributed by atoms with Gasteiger partial charge in [0.1, 0.15) is 6.04 Å². The molecule has 1 rings (SSSR count). The molecule has 3 N–H and O–H groups in total. The predicted molar refractivity (Wildman–Crippen MR) is 94.2 cm³/mol. The van der Waals surface area contributed by atoms with Gasteiger partial charge in [-0.05, 0) is 39.5 Å². The summed E-state index contributed by atoms with van der Waals surface area (Å²) in [6.07, 6.45) is 5.12. The molecule has 138 valence electrons. The minimum Gasteiger partial charge on any atom is -0.350 e. The summed E-state index contributed by atoms with van der Waals surface area (Å²) in [5.74, 6) is -0.613. The Labute approximate surface area is 145 Å². The lowest BCUT2D eigenvalue weighted by Gasteiger charge is -2.26. The predicted octanol–water partition coefficient (Wildman–Crippen LogP) is 1.74. The minimum atomic E-state index is -0.609. The lowest BCUT2D eigenvalue weighted by molar-refractivity contribution is -0.133. The van der Waals surface area contributed by atoms with Crippen LogP contribution in [0.5, 0.6) is 0 Å². The summed E-state index contributed by atoms with van der Waals surface area (Å²) in [6.45, 7) is 9.34. The van der Waals surface area contributed by atoms with Crippen molar-refractivity contribution in [3.63, 3.8) is 0 Å². The van der Waals surface area contributed by atoms with Gasteiger partial charge in [0, 0.05) is 11.5 Å². The van der Waals surface area contributed by atoms with Gasteiger partial charge in [-0.15, -0.1) is 0 Å². The Kier molecular flexibility index (Phi) is 7.70. The van der Waals surface area contributed by atoms with Gasteiger partial charge in [0.15, 0.2) is 0 Å². The standard InChI is InChI=1S/C18H33N3O3/c1-12(2)15(20-16(23)13-9-7-6-8-10-13)17(24)19-11-14(22)21-18(3,4)5/h12-13,15H,6-11H2,1-5H3,(H,19,24)(H,20,23)(H,21,22). The van der Waals surface area contributed by atoms with Crippen molar-refractivity contribution in [3.8, 4) is 0 Å². The van der Waals surface area contributed by atoms with Gasteiger partial charge in [-0.25, -0.2) is 0 Å². The van der Waals surface area contributed by atoms with Crippen molar-refractivity contribution in [2.75, 3.05) is 6.54 Å². The van der Waals surface area contributed by atoms with E-state index in [1.807, 2.05) is 34.6 Å². The Morgan fingerprint density at radius 3 is 2.12 bits per heavy atom. The smallest absolute Gasteiger partial charge is 0.243 e. The first-order chi connectivity index (χ1) is 11.1. The highest BCUT2D eigenvalue weighted by atomic mass is 16.2. The van der Waals surface area contributed by atoms with Gasteiger partial charge < -0.3 is 16.0 Å². The second-order valence-corrected chi connectivity index (χ2v) is 8.08. The zero-order chi connectivity index (χ0) is 18.3. The van der Waals surface area contributed by atoms with Crippen molar-refractivity contribution < 1.29 is 14.4 Å². The largest absolute Gasteiger partial charge is 0.350 e. The average molecular weight is 339 g/mol. The molecule has 1 aliphatic rings. The molecule has 6 nitrogen and oxygen atoms in total. The summed E-state index contributed by atoms with van der Waals surface area (Å²) in [4.78, 5) is 36.6. The molecule has 1 aliphatic carbocycles. The Bertz CT molecular complexity index is 449.